The zero-order valence-corrected chi connectivity index (χ0v) is 10.8. The lowest BCUT2D eigenvalue weighted by atomic mass is 10.0. The number of halogens is 1. The van der Waals surface area contributed by atoms with Gasteiger partial charge in [0.05, 0.1) is 0 Å². The molecule has 1 aromatic carbocycles. The lowest BCUT2D eigenvalue weighted by molar-refractivity contribution is 0.962. The van der Waals surface area contributed by atoms with Crippen molar-refractivity contribution in [1.82, 2.24) is 5.32 Å². The summed E-state index contributed by atoms with van der Waals surface area (Å²) in [4.78, 5) is 2.06. The van der Waals surface area contributed by atoms with Crippen LogP contribution >= 0.6 is 11.6 Å². The minimum Gasteiger partial charge on any atom is -0.384 e. The Morgan fingerprint density at radius 1 is 1.32 bits per heavy atom. The minimum atomic E-state index is 0.399. The third-order valence-corrected chi connectivity index (χ3v) is 3.43. The lowest BCUT2D eigenvalue weighted by Gasteiger charge is -2.16. The van der Waals surface area contributed by atoms with Gasteiger partial charge in [-0.1, -0.05) is 11.6 Å². The average Bonchev–Trinajstić information content (AvgIpc) is 2.83. The molecular weight excluding hydrogens is 260 g/mol. The molecule has 0 aliphatic carbocycles. The van der Waals surface area contributed by atoms with Crippen molar-refractivity contribution in [3.63, 3.8) is 0 Å². The van der Waals surface area contributed by atoms with E-state index in [9.17, 15) is 0 Å². The third kappa shape index (κ3) is 1.94. The van der Waals surface area contributed by atoms with E-state index < -0.39 is 0 Å². The van der Waals surface area contributed by atoms with Crippen molar-refractivity contribution in [1.29, 1.82) is 5.26 Å². The second-order valence-corrected chi connectivity index (χ2v) is 4.80. The Morgan fingerprint density at radius 2 is 2.05 bits per heavy atom. The summed E-state index contributed by atoms with van der Waals surface area (Å²) in [6.45, 7) is 0.711. The van der Waals surface area contributed by atoms with Gasteiger partial charge < -0.3 is 16.0 Å². The van der Waals surface area contributed by atoms with Crippen LogP contribution in [0.25, 0.3) is 0 Å². The summed E-state index contributed by atoms with van der Waals surface area (Å²) in [5.74, 6) is 0.399. The van der Waals surface area contributed by atoms with Gasteiger partial charge in [0.25, 0.3) is 0 Å². The molecule has 2 aliphatic rings. The molecule has 1 aromatic rings. The quantitative estimate of drug-likeness (QED) is 0.821. The van der Waals surface area contributed by atoms with Crippen molar-refractivity contribution in [2.45, 2.75) is 0 Å². The molecule has 0 radical (unpaired) electrons. The Balaban J connectivity index is 1.98. The van der Waals surface area contributed by atoms with E-state index in [0.717, 1.165) is 16.8 Å². The van der Waals surface area contributed by atoms with Crippen LogP contribution in [0.1, 0.15) is 0 Å². The second kappa shape index (κ2) is 4.38. The average molecular weight is 271 g/mol. The Kier molecular flexibility index (Phi) is 2.69. The fraction of sp³-hybridized carbons (Fsp3) is 0.0714. The first-order chi connectivity index (χ1) is 9.19. The number of nitrogens with zero attached hydrogens (tertiary/aromatic N) is 2. The highest BCUT2D eigenvalue weighted by atomic mass is 35.5. The van der Waals surface area contributed by atoms with E-state index in [-0.39, 0.29) is 0 Å². The van der Waals surface area contributed by atoms with Gasteiger partial charge in [0.2, 0.25) is 0 Å². The van der Waals surface area contributed by atoms with Crippen LogP contribution in [-0.4, -0.2) is 6.54 Å². The number of nitrogens with two attached hydrogens (primary N) is 1. The van der Waals surface area contributed by atoms with Crippen LogP contribution in [0.2, 0.25) is 5.02 Å². The molecule has 0 spiro atoms. The van der Waals surface area contributed by atoms with E-state index in [4.69, 9.17) is 22.6 Å². The number of anilines is 1. The molecule has 5 heteroatoms. The molecule has 3 N–H and O–H groups in total. The van der Waals surface area contributed by atoms with E-state index in [2.05, 4.69) is 16.3 Å². The largest absolute Gasteiger partial charge is 0.384 e. The Labute approximate surface area is 116 Å². The molecule has 0 bridgehead atoms. The third-order valence-electron chi connectivity index (χ3n) is 3.18. The van der Waals surface area contributed by atoms with Crippen LogP contribution in [-0.2, 0) is 0 Å². The van der Waals surface area contributed by atoms with Gasteiger partial charge in [0.1, 0.15) is 17.5 Å². The second-order valence-electron chi connectivity index (χ2n) is 4.36. The molecule has 2 heterocycles. The van der Waals surface area contributed by atoms with Gasteiger partial charge in [-0.3, -0.25) is 0 Å². The van der Waals surface area contributed by atoms with Crippen molar-refractivity contribution in [2.75, 3.05) is 11.4 Å². The number of nitriles is 1. The van der Waals surface area contributed by atoms with Crippen LogP contribution < -0.4 is 16.0 Å². The molecule has 0 saturated heterocycles. The number of fused-ring (bicyclic) bond motifs is 1. The number of benzene rings is 1. The molecule has 2 aliphatic heterocycles. The van der Waals surface area contributed by atoms with E-state index >= 15 is 0 Å². The molecule has 0 amide bonds. The summed E-state index contributed by atoms with van der Waals surface area (Å²) in [5, 5.41) is 12.8. The Bertz CT molecular complexity index is 662. The van der Waals surface area contributed by atoms with Gasteiger partial charge in [-0.15, -0.1) is 0 Å². The van der Waals surface area contributed by atoms with Crippen LogP contribution in [0, 0.1) is 11.3 Å². The molecule has 0 unspecified atom stereocenters. The zero-order valence-electron chi connectivity index (χ0n) is 10.0. The monoisotopic (exact) mass is 270 g/mol. The standard InChI is InChI=1S/C14H11ClN4/c15-10-1-3-11(4-2-10)19-7-9-6-18-14(17)12(5-16)13(9)8-19/h1-4,6,8,18H,7,17H2. The normalized spacial score (nSPS) is 17.4. The number of hydrogen-bond acceptors (Lipinski definition) is 4. The van der Waals surface area contributed by atoms with Crippen molar-refractivity contribution in [2.24, 2.45) is 5.73 Å². The molecule has 3 rings (SSSR count). The molecule has 19 heavy (non-hydrogen) atoms. The number of rotatable bonds is 1. The number of nitrogens with one attached hydrogen (secondary N) is 1. The van der Waals surface area contributed by atoms with Crippen LogP contribution in [0.4, 0.5) is 5.69 Å². The molecule has 0 atom stereocenters. The van der Waals surface area contributed by atoms with Crippen LogP contribution in [0.5, 0.6) is 0 Å². The topological polar surface area (TPSA) is 65.1 Å². The maximum Gasteiger partial charge on any atom is 0.119 e. The van der Waals surface area contributed by atoms with E-state index in [1.807, 2.05) is 36.7 Å². The summed E-state index contributed by atoms with van der Waals surface area (Å²) in [7, 11) is 0. The fourth-order valence-electron chi connectivity index (χ4n) is 2.20. The first kappa shape index (κ1) is 11.7. The summed E-state index contributed by atoms with van der Waals surface area (Å²) in [6, 6.07) is 9.73. The Hall–Kier alpha value is -2.38. The SMILES string of the molecule is N#CC1=C(N)NC=C2CN(c3ccc(Cl)cc3)C=C21. The van der Waals surface area contributed by atoms with E-state index in [1.54, 1.807) is 0 Å². The number of allylic oxidation sites excluding steroid dienone is 1. The highest BCUT2D eigenvalue weighted by Gasteiger charge is 2.26. The molecule has 4 nitrogen and oxygen atoms in total. The van der Waals surface area contributed by atoms with Gasteiger partial charge in [0, 0.05) is 35.2 Å². The summed E-state index contributed by atoms with van der Waals surface area (Å²) >= 11 is 5.88. The molecule has 0 aromatic heterocycles. The van der Waals surface area contributed by atoms with Crippen molar-refractivity contribution >= 4 is 17.3 Å². The summed E-state index contributed by atoms with van der Waals surface area (Å²) < 4.78 is 0. The predicted molar refractivity (Wildman–Crippen MR) is 74.9 cm³/mol. The van der Waals surface area contributed by atoms with Crippen molar-refractivity contribution in [3.05, 3.63) is 64.2 Å². The summed E-state index contributed by atoms with van der Waals surface area (Å²) in [5.41, 5.74) is 9.24. The van der Waals surface area contributed by atoms with Gasteiger partial charge in [-0.25, -0.2) is 0 Å². The highest BCUT2D eigenvalue weighted by Crippen LogP contribution is 2.33. The summed E-state index contributed by atoms with van der Waals surface area (Å²) in [6.07, 6.45) is 3.79. The van der Waals surface area contributed by atoms with Gasteiger partial charge in [0.15, 0.2) is 0 Å². The Morgan fingerprint density at radius 3 is 2.74 bits per heavy atom. The highest BCUT2D eigenvalue weighted by molar-refractivity contribution is 6.30. The lowest BCUT2D eigenvalue weighted by Crippen LogP contribution is -2.22. The van der Waals surface area contributed by atoms with E-state index in [1.165, 1.54) is 0 Å². The molecule has 0 saturated carbocycles. The van der Waals surface area contributed by atoms with Crippen molar-refractivity contribution in [3.8, 4) is 6.07 Å². The van der Waals surface area contributed by atoms with Gasteiger partial charge in [-0.2, -0.15) is 5.26 Å². The smallest absolute Gasteiger partial charge is 0.119 e. The van der Waals surface area contributed by atoms with Crippen LogP contribution in [0.15, 0.2) is 59.2 Å². The van der Waals surface area contributed by atoms with Crippen LogP contribution in [0.3, 0.4) is 0 Å². The maximum atomic E-state index is 9.17. The first-order valence-electron chi connectivity index (χ1n) is 5.79. The van der Waals surface area contributed by atoms with E-state index in [0.29, 0.717) is 23.0 Å². The fourth-order valence-corrected chi connectivity index (χ4v) is 2.33. The maximum absolute atomic E-state index is 9.17. The zero-order chi connectivity index (χ0) is 13.4. The molecule has 94 valence electrons. The molecular formula is C14H11ClN4. The number of hydrogen-bond donors (Lipinski definition) is 2. The first-order valence-corrected chi connectivity index (χ1v) is 6.17. The predicted octanol–water partition coefficient (Wildman–Crippen LogP) is 2.22. The van der Waals surface area contributed by atoms with Gasteiger partial charge >= 0.3 is 0 Å². The minimum absolute atomic E-state index is 0.399. The molecule has 0 fully saturated rings. The van der Waals surface area contributed by atoms with Crippen molar-refractivity contribution < 1.29 is 0 Å². The van der Waals surface area contributed by atoms with Gasteiger partial charge in [-0.05, 0) is 29.8 Å². The number of dihydropyridines is 1.